The Kier molecular flexibility index (Phi) is 6.86. The molecule has 0 aromatic heterocycles. The van der Waals surface area contributed by atoms with Gasteiger partial charge in [-0.1, -0.05) is 0 Å². The van der Waals surface area contributed by atoms with E-state index < -0.39 is 20.7 Å². The monoisotopic (exact) mass is 306 g/mol. The van der Waals surface area contributed by atoms with E-state index in [1.807, 2.05) is 0 Å². The second kappa shape index (κ2) is 8.15. The molecule has 0 aliphatic carbocycles. The maximum Gasteiger partial charge on any atom is 0.243 e. The van der Waals surface area contributed by atoms with E-state index in [9.17, 15) is 12.8 Å². The van der Waals surface area contributed by atoms with Gasteiger partial charge in [0.15, 0.2) is 0 Å². The Bertz CT molecular complexity index is 522. The number of hydrogen-bond donors (Lipinski definition) is 2. The largest absolute Gasteiger partial charge is 0.399 e. The lowest BCUT2D eigenvalue weighted by atomic mass is 10.3. The lowest BCUT2D eigenvalue weighted by Gasteiger charge is -2.08. The van der Waals surface area contributed by atoms with E-state index in [-0.39, 0.29) is 12.2 Å². The molecule has 0 saturated heterocycles. The normalized spacial score (nSPS) is 11.7. The van der Waals surface area contributed by atoms with Gasteiger partial charge in [0.25, 0.3) is 0 Å². The Labute approximate surface area is 118 Å². The van der Waals surface area contributed by atoms with Gasteiger partial charge in [0, 0.05) is 25.9 Å². The van der Waals surface area contributed by atoms with Gasteiger partial charge in [0.2, 0.25) is 10.0 Å². The predicted molar refractivity (Wildman–Crippen MR) is 73.3 cm³/mol. The summed E-state index contributed by atoms with van der Waals surface area (Å²) in [5.74, 6) is -0.867. The molecule has 0 spiro atoms. The number of nitrogens with one attached hydrogen (secondary N) is 1. The van der Waals surface area contributed by atoms with E-state index in [0.29, 0.717) is 26.2 Å². The van der Waals surface area contributed by atoms with Gasteiger partial charge < -0.3 is 15.2 Å². The third kappa shape index (κ3) is 5.41. The number of ether oxygens (including phenoxy) is 2. The Balaban J connectivity index is 2.42. The molecule has 0 aliphatic rings. The Morgan fingerprint density at radius 3 is 2.70 bits per heavy atom. The summed E-state index contributed by atoms with van der Waals surface area (Å²) in [5.41, 5.74) is 5.54. The molecule has 0 fully saturated rings. The van der Waals surface area contributed by atoms with Gasteiger partial charge in [-0.25, -0.2) is 17.5 Å². The number of nitrogen functional groups attached to an aromatic ring is 1. The molecular weight excluding hydrogens is 287 g/mol. The van der Waals surface area contributed by atoms with Gasteiger partial charge in [-0.3, -0.25) is 0 Å². The number of rotatable bonds is 9. The molecule has 3 N–H and O–H groups in total. The van der Waals surface area contributed by atoms with E-state index in [0.717, 1.165) is 12.1 Å². The molecule has 0 aliphatic heterocycles. The van der Waals surface area contributed by atoms with Crippen molar-refractivity contribution in [1.82, 2.24) is 4.72 Å². The lowest BCUT2D eigenvalue weighted by molar-refractivity contribution is 0.0699. The van der Waals surface area contributed by atoms with Gasteiger partial charge in [-0.15, -0.1) is 0 Å². The number of halogens is 1. The summed E-state index contributed by atoms with van der Waals surface area (Å²) in [7, 11) is -2.30. The molecule has 1 rings (SSSR count). The molecule has 1 aromatic rings. The smallest absolute Gasteiger partial charge is 0.243 e. The average Bonchev–Trinajstić information content (AvgIpc) is 2.37. The van der Waals surface area contributed by atoms with Crippen LogP contribution in [-0.2, 0) is 19.5 Å². The van der Waals surface area contributed by atoms with Gasteiger partial charge in [-0.2, -0.15) is 0 Å². The van der Waals surface area contributed by atoms with E-state index in [1.54, 1.807) is 7.11 Å². The zero-order valence-electron chi connectivity index (χ0n) is 11.3. The highest BCUT2D eigenvalue weighted by Gasteiger charge is 2.18. The number of benzene rings is 1. The second-order valence-electron chi connectivity index (χ2n) is 4.05. The molecule has 0 heterocycles. The van der Waals surface area contributed by atoms with Gasteiger partial charge >= 0.3 is 0 Å². The van der Waals surface area contributed by atoms with Crippen LogP contribution in [0.5, 0.6) is 0 Å². The molecule has 20 heavy (non-hydrogen) atoms. The molecule has 8 heteroatoms. The average molecular weight is 306 g/mol. The molecule has 0 saturated carbocycles. The zero-order chi connectivity index (χ0) is 15.0. The van der Waals surface area contributed by atoms with Crippen molar-refractivity contribution in [2.75, 3.05) is 39.2 Å². The van der Waals surface area contributed by atoms with Crippen molar-refractivity contribution in [3.8, 4) is 0 Å². The molecule has 0 unspecified atom stereocenters. The molecule has 1 aromatic carbocycles. The van der Waals surface area contributed by atoms with Crippen LogP contribution in [0.4, 0.5) is 10.1 Å². The van der Waals surface area contributed by atoms with Crippen LogP contribution in [0.25, 0.3) is 0 Å². The van der Waals surface area contributed by atoms with Crippen molar-refractivity contribution >= 4 is 15.7 Å². The molecule has 0 radical (unpaired) electrons. The summed E-state index contributed by atoms with van der Waals surface area (Å²) < 4.78 is 49.5. The molecule has 0 bridgehead atoms. The van der Waals surface area contributed by atoms with Crippen LogP contribution < -0.4 is 10.5 Å². The van der Waals surface area contributed by atoms with E-state index in [1.165, 1.54) is 6.07 Å². The van der Waals surface area contributed by atoms with Gasteiger partial charge in [0.05, 0.1) is 13.2 Å². The third-order valence-electron chi connectivity index (χ3n) is 2.43. The minimum atomic E-state index is -3.87. The van der Waals surface area contributed by atoms with Crippen LogP contribution in [-0.4, -0.2) is 41.9 Å². The van der Waals surface area contributed by atoms with Crippen LogP contribution in [0.3, 0.4) is 0 Å². The predicted octanol–water partition coefficient (Wildman–Crippen LogP) is 0.739. The molecule has 114 valence electrons. The first-order valence-electron chi connectivity index (χ1n) is 6.09. The van der Waals surface area contributed by atoms with Gasteiger partial charge in [-0.05, 0) is 24.6 Å². The van der Waals surface area contributed by atoms with E-state index in [2.05, 4.69) is 4.72 Å². The summed E-state index contributed by atoms with van der Waals surface area (Å²) in [6.45, 7) is 1.51. The minimum Gasteiger partial charge on any atom is -0.399 e. The van der Waals surface area contributed by atoms with Crippen molar-refractivity contribution < 1.29 is 22.3 Å². The van der Waals surface area contributed by atoms with E-state index >= 15 is 0 Å². The number of methoxy groups -OCH3 is 1. The highest BCUT2D eigenvalue weighted by atomic mass is 32.2. The summed E-state index contributed by atoms with van der Waals surface area (Å²) >= 11 is 0. The minimum absolute atomic E-state index is 0.166. The summed E-state index contributed by atoms with van der Waals surface area (Å²) in [6, 6.07) is 3.45. The zero-order valence-corrected chi connectivity index (χ0v) is 12.1. The molecular formula is C12H19FN2O4S. The van der Waals surface area contributed by atoms with Crippen molar-refractivity contribution in [1.29, 1.82) is 0 Å². The number of nitrogens with two attached hydrogens (primary N) is 1. The Morgan fingerprint density at radius 1 is 1.30 bits per heavy atom. The second-order valence-corrected chi connectivity index (χ2v) is 5.78. The summed E-state index contributed by atoms with van der Waals surface area (Å²) in [4.78, 5) is -0.410. The first kappa shape index (κ1) is 16.8. The fourth-order valence-corrected chi connectivity index (χ4v) is 2.57. The quantitative estimate of drug-likeness (QED) is 0.519. The number of anilines is 1. The summed E-state index contributed by atoms with van der Waals surface area (Å²) in [6.07, 6.45) is 0.486. The fraction of sp³-hybridized carbons (Fsp3) is 0.500. The summed E-state index contributed by atoms with van der Waals surface area (Å²) in [5, 5.41) is 0. The standard InChI is InChI=1S/C12H19FN2O4S/c1-18-7-8-19-6-2-5-15-20(16,17)12-4-3-10(14)9-11(12)13/h3-4,9,15H,2,5-8,14H2,1H3. The maximum absolute atomic E-state index is 13.5. The van der Waals surface area contributed by atoms with Crippen molar-refractivity contribution in [2.45, 2.75) is 11.3 Å². The topological polar surface area (TPSA) is 90.6 Å². The van der Waals surface area contributed by atoms with E-state index in [4.69, 9.17) is 15.2 Å². The van der Waals surface area contributed by atoms with Crippen LogP contribution >= 0.6 is 0 Å². The maximum atomic E-state index is 13.5. The third-order valence-corrected chi connectivity index (χ3v) is 3.93. The Morgan fingerprint density at radius 2 is 2.05 bits per heavy atom. The number of sulfonamides is 1. The molecule has 0 amide bonds. The SMILES string of the molecule is COCCOCCCNS(=O)(=O)c1ccc(N)cc1F. The first-order valence-corrected chi connectivity index (χ1v) is 7.57. The van der Waals surface area contributed by atoms with Gasteiger partial charge in [0.1, 0.15) is 10.7 Å². The highest BCUT2D eigenvalue weighted by Crippen LogP contribution is 2.16. The lowest BCUT2D eigenvalue weighted by Crippen LogP contribution is -2.26. The van der Waals surface area contributed by atoms with Crippen LogP contribution in [0.1, 0.15) is 6.42 Å². The number of hydrogen-bond acceptors (Lipinski definition) is 5. The first-order chi connectivity index (χ1) is 9.47. The Hall–Kier alpha value is -1.22. The van der Waals surface area contributed by atoms with Crippen LogP contribution in [0, 0.1) is 5.82 Å². The van der Waals surface area contributed by atoms with Crippen molar-refractivity contribution in [3.05, 3.63) is 24.0 Å². The van der Waals surface area contributed by atoms with Crippen LogP contribution in [0.2, 0.25) is 0 Å². The van der Waals surface area contributed by atoms with Crippen molar-refractivity contribution in [3.63, 3.8) is 0 Å². The van der Waals surface area contributed by atoms with Crippen molar-refractivity contribution in [2.24, 2.45) is 0 Å². The molecule has 6 nitrogen and oxygen atoms in total. The molecule has 0 atom stereocenters. The van der Waals surface area contributed by atoms with Crippen LogP contribution in [0.15, 0.2) is 23.1 Å². The fourth-order valence-electron chi connectivity index (χ4n) is 1.44. The highest BCUT2D eigenvalue weighted by molar-refractivity contribution is 7.89.